The molecule has 1 amide bonds. The Balaban J connectivity index is 2.09. The lowest BCUT2D eigenvalue weighted by molar-refractivity contribution is -0.125. The Hall–Kier alpha value is -2.56. The first-order chi connectivity index (χ1) is 12.4. The second-order valence-electron chi connectivity index (χ2n) is 6.61. The van der Waals surface area contributed by atoms with Crippen LogP contribution in [0.1, 0.15) is 54.0 Å². The van der Waals surface area contributed by atoms with Crippen molar-refractivity contribution in [1.82, 2.24) is 9.88 Å². The van der Waals surface area contributed by atoms with Crippen LogP contribution in [0, 0.1) is 20.8 Å². The number of hydrogen-bond donors (Lipinski definition) is 1. The van der Waals surface area contributed by atoms with Crippen LogP contribution in [0.3, 0.4) is 0 Å². The molecule has 0 spiro atoms. The van der Waals surface area contributed by atoms with E-state index in [-0.39, 0.29) is 18.6 Å². The SMILES string of the molecule is CCC(CC)NC(=O)COC(=O)c1cc(C)n(-c2ccc(C)cc2)c1C. The van der Waals surface area contributed by atoms with Gasteiger partial charge in [-0.2, -0.15) is 0 Å². The zero-order chi connectivity index (χ0) is 19.3. The summed E-state index contributed by atoms with van der Waals surface area (Å²) in [6, 6.07) is 10.0. The number of benzene rings is 1. The second kappa shape index (κ2) is 8.70. The summed E-state index contributed by atoms with van der Waals surface area (Å²) in [5.41, 5.74) is 4.41. The first-order valence-electron chi connectivity index (χ1n) is 9.09. The average Bonchev–Trinajstić information content (AvgIpc) is 2.93. The van der Waals surface area contributed by atoms with E-state index in [9.17, 15) is 9.59 Å². The highest BCUT2D eigenvalue weighted by Gasteiger charge is 2.19. The van der Waals surface area contributed by atoms with Gasteiger partial charge in [0, 0.05) is 23.1 Å². The number of nitrogens with zero attached hydrogens (tertiary/aromatic N) is 1. The molecule has 0 aliphatic rings. The van der Waals surface area contributed by atoms with E-state index in [1.54, 1.807) is 6.07 Å². The minimum Gasteiger partial charge on any atom is -0.452 e. The predicted molar refractivity (Wildman–Crippen MR) is 103 cm³/mol. The maximum atomic E-state index is 12.4. The third-order valence-electron chi connectivity index (χ3n) is 4.63. The molecule has 5 nitrogen and oxygen atoms in total. The molecule has 2 rings (SSSR count). The maximum Gasteiger partial charge on any atom is 0.340 e. The van der Waals surface area contributed by atoms with Gasteiger partial charge in [-0.25, -0.2) is 4.79 Å². The van der Waals surface area contributed by atoms with E-state index in [4.69, 9.17) is 4.74 Å². The molecular formula is C21H28N2O3. The summed E-state index contributed by atoms with van der Waals surface area (Å²) >= 11 is 0. The van der Waals surface area contributed by atoms with Crippen LogP contribution in [0.15, 0.2) is 30.3 Å². The molecule has 1 aromatic carbocycles. The molecule has 0 saturated heterocycles. The van der Waals surface area contributed by atoms with Gasteiger partial charge in [-0.15, -0.1) is 0 Å². The number of esters is 1. The van der Waals surface area contributed by atoms with Crippen LogP contribution < -0.4 is 5.32 Å². The highest BCUT2D eigenvalue weighted by atomic mass is 16.5. The minimum atomic E-state index is -0.476. The van der Waals surface area contributed by atoms with Crippen molar-refractivity contribution in [2.75, 3.05) is 6.61 Å². The molecular weight excluding hydrogens is 328 g/mol. The van der Waals surface area contributed by atoms with E-state index in [0.29, 0.717) is 5.56 Å². The Morgan fingerprint density at radius 3 is 2.27 bits per heavy atom. The number of nitrogens with one attached hydrogen (secondary N) is 1. The van der Waals surface area contributed by atoms with Crippen molar-refractivity contribution in [2.45, 2.75) is 53.5 Å². The lowest BCUT2D eigenvalue weighted by atomic mass is 10.2. The van der Waals surface area contributed by atoms with Crippen LogP contribution >= 0.6 is 0 Å². The van der Waals surface area contributed by atoms with Gasteiger partial charge in [-0.05, 0) is 51.8 Å². The lowest BCUT2D eigenvalue weighted by Crippen LogP contribution is -2.36. The van der Waals surface area contributed by atoms with E-state index in [2.05, 4.69) is 5.32 Å². The monoisotopic (exact) mass is 356 g/mol. The Labute approximate surface area is 155 Å². The fourth-order valence-corrected chi connectivity index (χ4v) is 3.03. The van der Waals surface area contributed by atoms with Crippen molar-refractivity contribution in [3.05, 3.63) is 52.8 Å². The lowest BCUT2D eigenvalue weighted by Gasteiger charge is -2.14. The topological polar surface area (TPSA) is 60.3 Å². The fraction of sp³-hybridized carbons (Fsp3) is 0.429. The molecule has 1 N–H and O–H groups in total. The summed E-state index contributed by atoms with van der Waals surface area (Å²) in [5, 5.41) is 2.86. The molecule has 0 aliphatic carbocycles. The first kappa shape index (κ1) is 19.8. The zero-order valence-electron chi connectivity index (χ0n) is 16.3. The van der Waals surface area contributed by atoms with Gasteiger partial charge in [0.1, 0.15) is 0 Å². The third-order valence-corrected chi connectivity index (χ3v) is 4.63. The van der Waals surface area contributed by atoms with Crippen LogP contribution in [0.4, 0.5) is 0 Å². The normalized spacial score (nSPS) is 10.8. The third kappa shape index (κ3) is 4.54. The molecule has 0 fully saturated rings. The summed E-state index contributed by atoms with van der Waals surface area (Å²) in [7, 11) is 0. The molecule has 1 heterocycles. The average molecular weight is 356 g/mol. The molecule has 0 aliphatic heterocycles. The Morgan fingerprint density at radius 2 is 1.69 bits per heavy atom. The number of rotatable bonds is 7. The molecule has 1 aromatic heterocycles. The minimum absolute atomic E-state index is 0.118. The van der Waals surface area contributed by atoms with Crippen molar-refractivity contribution in [3.63, 3.8) is 0 Å². The molecule has 5 heteroatoms. The van der Waals surface area contributed by atoms with Crippen LogP contribution in [-0.2, 0) is 9.53 Å². The molecule has 0 saturated carbocycles. The maximum absolute atomic E-state index is 12.4. The summed E-state index contributed by atoms with van der Waals surface area (Å²) in [4.78, 5) is 24.4. The van der Waals surface area contributed by atoms with Crippen molar-refractivity contribution in [2.24, 2.45) is 0 Å². The first-order valence-corrected chi connectivity index (χ1v) is 9.09. The van der Waals surface area contributed by atoms with Crippen LogP contribution in [0.5, 0.6) is 0 Å². The number of carbonyl (C=O) groups excluding carboxylic acids is 2. The van der Waals surface area contributed by atoms with Gasteiger partial charge in [0.2, 0.25) is 0 Å². The summed E-state index contributed by atoms with van der Waals surface area (Å²) in [6.45, 7) is 9.64. The number of ether oxygens (including phenoxy) is 1. The van der Waals surface area contributed by atoms with Gasteiger partial charge in [-0.1, -0.05) is 31.5 Å². The molecule has 2 aromatic rings. The molecule has 26 heavy (non-hydrogen) atoms. The van der Waals surface area contributed by atoms with Crippen LogP contribution in [0.25, 0.3) is 5.69 Å². The molecule has 0 bridgehead atoms. The highest BCUT2D eigenvalue weighted by Crippen LogP contribution is 2.21. The largest absolute Gasteiger partial charge is 0.452 e. The van der Waals surface area contributed by atoms with Gasteiger partial charge in [0.25, 0.3) is 5.91 Å². The Bertz CT molecular complexity index is 771. The van der Waals surface area contributed by atoms with Crippen LogP contribution in [-0.4, -0.2) is 29.1 Å². The summed E-state index contributed by atoms with van der Waals surface area (Å²) in [5.74, 6) is -0.740. The van der Waals surface area contributed by atoms with E-state index in [0.717, 1.165) is 29.9 Å². The number of hydrogen-bond acceptors (Lipinski definition) is 3. The Kier molecular flexibility index (Phi) is 6.61. The summed E-state index contributed by atoms with van der Waals surface area (Å²) < 4.78 is 7.23. The zero-order valence-corrected chi connectivity index (χ0v) is 16.3. The number of aromatic nitrogens is 1. The van der Waals surface area contributed by atoms with Crippen molar-refractivity contribution >= 4 is 11.9 Å². The van der Waals surface area contributed by atoms with E-state index < -0.39 is 5.97 Å². The molecule has 0 radical (unpaired) electrons. The number of amides is 1. The van der Waals surface area contributed by atoms with Crippen LogP contribution in [0.2, 0.25) is 0 Å². The summed E-state index contributed by atoms with van der Waals surface area (Å²) in [6.07, 6.45) is 1.71. The smallest absolute Gasteiger partial charge is 0.340 e. The molecule has 0 unspecified atom stereocenters. The number of aryl methyl sites for hydroxylation is 2. The molecule has 140 valence electrons. The van der Waals surface area contributed by atoms with Gasteiger partial charge >= 0.3 is 5.97 Å². The van der Waals surface area contributed by atoms with Gasteiger partial charge in [-0.3, -0.25) is 4.79 Å². The standard InChI is InChI=1S/C21H28N2O3/c1-6-17(7-2)22-20(24)13-26-21(25)19-12-15(4)23(16(19)5)18-10-8-14(3)9-11-18/h8-12,17H,6-7,13H2,1-5H3,(H,22,24). The number of carbonyl (C=O) groups is 2. The highest BCUT2D eigenvalue weighted by molar-refractivity contribution is 5.93. The van der Waals surface area contributed by atoms with E-state index in [1.165, 1.54) is 5.56 Å². The van der Waals surface area contributed by atoms with Gasteiger partial charge in [0.15, 0.2) is 6.61 Å². The predicted octanol–water partition coefficient (Wildman–Crippen LogP) is 3.86. The van der Waals surface area contributed by atoms with E-state index >= 15 is 0 Å². The second-order valence-corrected chi connectivity index (χ2v) is 6.61. The van der Waals surface area contributed by atoms with Crippen molar-refractivity contribution < 1.29 is 14.3 Å². The quantitative estimate of drug-likeness (QED) is 0.766. The molecule has 0 atom stereocenters. The van der Waals surface area contributed by atoms with Gasteiger partial charge in [0.05, 0.1) is 5.56 Å². The fourth-order valence-electron chi connectivity index (χ4n) is 3.03. The van der Waals surface area contributed by atoms with Crippen molar-refractivity contribution in [1.29, 1.82) is 0 Å². The van der Waals surface area contributed by atoms with Crippen molar-refractivity contribution in [3.8, 4) is 5.69 Å². The van der Waals surface area contributed by atoms with Gasteiger partial charge < -0.3 is 14.6 Å². The Morgan fingerprint density at radius 1 is 1.08 bits per heavy atom. The van der Waals surface area contributed by atoms with E-state index in [1.807, 2.05) is 63.5 Å².